The van der Waals surface area contributed by atoms with Gasteiger partial charge in [0.05, 0.1) is 12.2 Å². The molecule has 1 heterocycles. The van der Waals surface area contributed by atoms with Crippen LogP contribution in [0, 0.1) is 11.8 Å². The Morgan fingerprint density at radius 2 is 1.79 bits per heavy atom. The van der Waals surface area contributed by atoms with Crippen molar-refractivity contribution in [2.75, 3.05) is 11.9 Å². The van der Waals surface area contributed by atoms with Crippen LogP contribution in [0.5, 0.6) is 11.6 Å². The molecule has 29 heavy (non-hydrogen) atoms. The molecule has 4 rings (SSSR count). The van der Waals surface area contributed by atoms with E-state index in [9.17, 15) is 8.78 Å². The maximum atomic E-state index is 12.4. The van der Waals surface area contributed by atoms with Gasteiger partial charge in [-0.05, 0) is 68.1 Å². The molecular weight excluding hydrogens is 376 g/mol. The molecule has 0 amide bonds. The third kappa shape index (κ3) is 5.55. The van der Waals surface area contributed by atoms with Gasteiger partial charge in [0.1, 0.15) is 5.75 Å². The zero-order valence-corrected chi connectivity index (χ0v) is 16.6. The van der Waals surface area contributed by atoms with Crippen LogP contribution in [-0.2, 0) is 0 Å². The molecule has 2 aromatic rings. The average molecular weight is 403 g/mol. The number of nitrogens with zero attached hydrogens (tertiary/aromatic N) is 2. The second-order valence-corrected chi connectivity index (χ2v) is 8.17. The predicted molar refractivity (Wildman–Crippen MR) is 107 cm³/mol. The summed E-state index contributed by atoms with van der Waals surface area (Å²) in [7, 11) is 0. The third-order valence-corrected chi connectivity index (χ3v) is 5.65. The first kappa shape index (κ1) is 19.9. The molecule has 1 aromatic carbocycles. The number of aromatic nitrogens is 2. The van der Waals surface area contributed by atoms with Crippen LogP contribution in [0.3, 0.4) is 0 Å². The fourth-order valence-corrected chi connectivity index (χ4v) is 3.63. The van der Waals surface area contributed by atoms with Crippen LogP contribution in [0.2, 0.25) is 0 Å². The lowest BCUT2D eigenvalue weighted by molar-refractivity contribution is -0.0498. The van der Waals surface area contributed by atoms with E-state index in [0.717, 1.165) is 29.9 Å². The summed E-state index contributed by atoms with van der Waals surface area (Å²) in [4.78, 5) is 9.13. The molecule has 0 aliphatic heterocycles. The Hall–Kier alpha value is -2.44. The number of alkyl halides is 2. The first-order valence-electron chi connectivity index (χ1n) is 10.4. The Balaban J connectivity index is 1.52. The van der Waals surface area contributed by atoms with E-state index in [1.807, 2.05) is 0 Å². The molecule has 0 unspecified atom stereocenters. The van der Waals surface area contributed by atoms with Crippen molar-refractivity contribution in [3.63, 3.8) is 0 Å². The summed E-state index contributed by atoms with van der Waals surface area (Å²) in [5, 5.41) is 3.45. The molecule has 0 atom stereocenters. The van der Waals surface area contributed by atoms with Crippen LogP contribution in [-0.4, -0.2) is 29.2 Å². The van der Waals surface area contributed by atoms with Crippen molar-refractivity contribution in [2.24, 2.45) is 11.8 Å². The van der Waals surface area contributed by atoms with Gasteiger partial charge in [-0.3, -0.25) is 0 Å². The number of ether oxygens (including phenoxy) is 2. The van der Waals surface area contributed by atoms with Crippen molar-refractivity contribution >= 4 is 5.95 Å². The predicted octanol–water partition coefficient (Wildman–Crippen LogP) is 5.52. The average Bonchev–Trinajstić information content (AvgIpc) is 3.53. The normalized spacial score (nSPS) is 21.8. The Labute approximate surface area is 169 Å². The highest BCUT2D eigenvalue weighted by molar-refractivity contribution is 5.69. The fourth-order valence-electron chi connectivity index (χ4n) is 3.63. The second kappa shape index (κ2) is 8.93. The maximum absolute atomic E-state index is 12.4. The lowest BCUT2D eigenvalue weighted by Crippen LogP contribution is -2.26. The standard InChI is InChI=1S/C22H27F2N3O2/c1-14-2-8-17(9-3-14)26-22-25-12-19(20(27-22)28-13-15-4-5-15)16-6-10-18(11-7-16)29-21(23)24/h6-7,10-12,14-15,17,21H,2-5,8-9,13H2,1H3,(H,25,26,27)/t14-,17-. The second-order valence-electron chi connectivity index (χ2n) is 8.17. The van der Waals surface area contributed by atoms with E-state index in [1.165, 1.54) is 37.8 Å². The Kier molecular flexibility index (Phi) is 6.11. The van der Waals surface area contributed by atoms with E-state index in [0.29, 0.717) is 30.4 Å². The molecule has 2 aliphatic carbocycles. The highest BCUT2D eigenvalue weighted by Gasteiger charge is 2.24. The summed E-state index contributed by atoms with van der Waals surface area (Å²) in [5.41, 5.74) is 1.55. The lowest BCUT2D eigenvalue weighted by Gasteiger charge is -2.27. The molecule has 1 aromatic heterocycles. The number of nitrogens with one attached hydrogen (secondary N) is 1. The highest BCUT2D eigenvalue weighted by Crippen LogP contribution is 2.34. The van der Waals surface area contributed by atoms with E-state index in [4.69, 9.17) is 4.74 Å². The van der Waals surface area contributed by atoms with Gasteiger partial charge in [-0.15, -0.1) is 0 Å². The molecule has 5 nitrogen and oxygen atoms in total. The zero-order chi connectivity index (χ0) is 20.2. The molecule has 2 aliphatic rings. The van der Waals surface area contributed by atoms with Crippen molar-refractivity contribution < 1.29 is 18.3 Å². The summed E-state index contributed by atoms with van der Waals surface area (Å²) >= 11 is 0. The molecule has 0 saturated heterocycles. The van der Waals surface area contributed by atoms with Crippen LogP contribution in [0.25, 0.3) is 11.1 Å². The molecule has 2 saturated carbocycles. The van der Waals surface area contributed by atoms with Crippen LogP contribution >= 0.6 is 0 Å². The highest BCUT2D eigenvalue weighted by atomic mass is 19.3. The number of rotatable bonds is 8. The Morgan fingerprint density at radius 3 is 2.45 bits per heavy atom. The Bertz CT molecular complexity index is 804. The van der Waals surface area contributed by atoms with Gasteiger partial charge in [-0.2, -0.15) is 13.8 Å². The van der Waals surface area contributed by atoms with E-state index in [2.05, 4.69) is 26.9 Å². The minimum atomic E-state index is -2.84. The quantitative estimate of drug-likeness (QED) is 0.629. The van der Waals surface area contributed by atoms with E-state index < -0.39 is 6.61 Å². The molecule has 2 fully saturated rings. The van der Waals surface area contributed by atoms with Crippen LogP contribution in [0.4, 0.5) is 14.7 Å². The van der Waals surface area contributed by atoms with E-state index in [-0.39, 0.29) is 5.75 Å². The van der Waals surface area contributed by atoms with E-state index in [1.54, 1.807) is 18.3 Å². The zero-order valence-electron chi connectivity index (χ0n) is 16.6. The number of halogens is 2. The Morgan fingerprint density at radius 1 is 1.07 bits per heavy atom. The van der Waals surface area contributed by atoms with Crippen LogP contribution in [0.1, 0.15) is 45.4 Å². The van der Waals surface area contributed by atoms with Gasteiger partial charge >= 0.3 is 6.61 Å². The topological polar surface area (TPSA) is 56.3 Å². The number of hydrogen-bond acceptors (Lipinski definition) is 5. The largest absolute Gasteiger partial charge is 0.477 e. The smallest absolute Gasteiger partial charge is 0.387 e. The molecular formula is C22H27F2N3O2. The summed E-state index contributed by atoms with van der Waals surface area (Å²) < 4.78 is 35.2. The molecule has 1 N–H and O–H groups in total. The van der Waals surface area contributed by atoms with Gasteiger partial charge in [-0.25, -0.2) is 4.98 Å². The SMILES string of the molecule is C[C@H]1CC[C@H](Nc2ncc(-c3ccc(OC(F)F)cc3)c(OCC3CC3)n2)CC1. The van der Waals surface area contributed by atoms with Gasteiger partial charge < -0.3 is 14.8 Å². The van der Waals surface area contributed by atoms with Crippen molar-refractivity contribution in [2.45, 2.75) is 58.1 Å². The summed E-state index contributed by atoms with van der Waals surface area (Å²) in [6.45, 7) is 0.0923. The van der Waals surface area contributed by atoms with Crippen LogP contribution in [0.15, 0.2) is 30.5 Å². The monoisotopic (exact) mass is 403 g/mol. The van der Waals surface area contributed by atoms with Gasteiger partial charge in [0, 0.05) is 12.2 Å². The van der Waals surface area contributed by atoms with Crippen molar-refractivity contribution in [1.29, 1.82) is 0 Å². The molecule has 0 radical (unpaired) electrons. The minimum Gasteiger partial charge on any atom is -0.477 e. The van der Waals surface area contributed by atoms with Crippen molar-refractivity contribution in [3.05, 3.63) is 30.5 Å². The first-order chi connectivity index (χ1) is 14.1. The number of benzene rings is 1. The molecule has 156 valence electrons. The van der Waals surface area contributed by atoms with Crippen LogP contribution < -0.4 is 14.8 Å². The minimum absolute atomic E-state index is 0.120. The number of anilines is 1. The number of hydrogen-bond donors (Lipinski definition) is 1. The summed E-state index contributed by atoms with van der Waals surface area (Å²) in [5.74, 6) is 2.61. The van der Waals surface area contributed by atoms with Crippen molar-refractivity contribution in [3.8, 4) is 22.8 Å². The molecule has 0 spiro atoms. The first-order valence-corrected chi connectivity index (χ1v) is 10.4. The summed E-state index contributed by atoms with van der Waals surface area (Å²) in [6, 6.07) is 6.86. The summed E-state index contributed by atoms with van der Waals surface area (Å²) in [6.07, 6.45) is 8.79. The molecule has 0 bridgehead atoms. The van der Waals surface area contributed by atoms with E-state index >= 15 is 0 Å². The van der Waals surface area contributed by atoms with Gasteiger partial charge in [0.25, 0.3) is 0 Å². The lowest BCUT2D eigenvalue weighted by atomic mass is 9.87. The third-order valence-electron chi connectivity index (χ3n) is 5.65. The van der Waals surface area contributed by atoms with Gasteiger partial charge in [0.15, 0.2) is 0 Å². The maximum Gasteiger partial charge on any atom is 0.387 e. The fraction of sp³-hybridized carbons (Fsp3) is 0.545. The van der Waals surface area contributed by atoms with Gasteiger partial charge in [-0.1, -0.05) is 19.1 Å². The van der Waals surface area contributed by atoms with Gasteiger partial charge in [0.2, 0.25) is 11.8 Å². The van der Waals surface area contributed by atoms with Crippen molar-refractivity contribution in [1.82, 2.24) is 9.97 Å². The molecule has 7 heteroatoms.